The van der Waals surface area contributed by atoms with E-state index in [1.54, 1.807) is 0 Å². The molecule has 1 N–H and O–H groups in total. The minimum atomic E-state index is -0.142. The number of aliphatic hydroxyl groups excluding tert-OH is 1. The summed E-state index contributed by atoms with van der Waals surface area (Å²) in [5, 5.41) is 9.92. The molecule has 0 bridgehead atoms. The van der Waals surface area contributed by atoms with E-state index in [-0.39, 0.29) is 6.10 Å². The van der Waals surface area contributed by atoms with Crippen LogP contribution >= 0.6 is 0 Å². The van der Waals surface area contributed by atoms with Crippen molar-refractivity contribution in [1.82, 2.24) is 0 Å². The third-order valence-electron chi connectivity index (χ3n) is 3.58. The van der Waals surface area contributed by atoms with Crippen molar-refractivity contribution in [2.45, 2.75) is 38.7 Å². The number of hydrogen-bond acceptors (Lipinski definition) is 1. The van der Waals surface area contributed by atoms with Crippen LogP contribution < -0.4 is 0 Å². The van der Waals surface area contributed by atoms with E-state index in [0.717, 1.165) is 37.2 Å². The summed E-state index contributed by atoms with van der Waals surface area (Å²) < 4.78 is 0. The van der Waals surface area contributed by atoms with Gasteiger partial charge < -0.3 is 5.11 Å². The van der Waals surface area contributed by atoms with E-state index in [1.165, 1.54) is 0 Å². The monoisotopic (exact) mass is 228 g/mol. The van der Waals surface area contributed by atoms with Gasteiger partial charge in [-0.05, 0) is 43.2 Å². The van der Waals surface area contributed by atoms with Gasteiger partial charge in [-0.2, -0.15) is 0 Å². The van der Waals surface area contributed by atoms with Crippen molar-refractivity contribution in [3.63, 3.8) is 0 Å². The fraction of sp³-hybridized carbons (Fsp3) is 0.500. The van der Waals surface area contributed by atoms with Crippen molar-refractivity contribution >= 4 is 0 Å². The van der Waals surface area contributed by atoms with Crippen LogP contribution in [0.5, 0.6) is 0 Å². The van der Waals surface area contributed by atoms with E-state index < -0.39 is 0 Å². The Kier molecular flexibility index (Phi) is 4.23. The average molecular weight is 228 g/mol. The summed E-state index contributed by atoms with van der Waals surface area (Å²) in [5.41, 5.74) is 1.06. The van der Waals surface area contributed by atoms with Crippen LogP contribution in [0.3, 0.4) is 0 Å². The summed E-state index contributed by atoms with van der Waals surface area (Å²) in [7, 11) is 0. The smallest absolute Gasteiger partial charge is 0.0577 e. The second-order valence-electron chi connectivity index (χ2n) is 5.12. The molecule has 1 aromatic rings. The Morgan fingerprint density at radius 1 is 1.24 bits per heavy atom. The first-order valence-corrected chi connectivity index (χ1v) is 6.47. The Balaban J connectivity index is 1.91. The van der Waals surface area contributed by atoms with Crippen molar-refractivity contribution in [2.24, 2.45) is 11.8 Å². The standard InChI is InChI=1S/C16H20O/c1-13-10-11-16(17)15(12-13)9-5-8-14-6-3-2-4-7-14/h2-4,6-7,13,15-17H,9-12H2,1H3. The summed E-state index contributed by atoms with van der Waals surface area (Å²) >= 11 is 0. The van der Waals surface area contributed by atoms with Crippen LogP contribution in [0.15, 0.2) is 30.3 Å². The van der Waals surface area contributed by atoms with Gasteiger partial charge in [-0.1, -0.05) is 37.0 Å². The molecule has 1 fully saturated rings. The van der Waals surface area contributed by atoms with Gasteiger partial charge in [-0.3, -0.25) is 0 Å². The van der Waals surface area contributed by atoms with Crippen molar-refractivity contribution in [2.75, 3.05) is 0 Å². The summed E-state index contributed by atoms with van der Waals surface area (Å²) in [4.78, 5) is 0. The predicted molar refractivity (Wildman–Crippen MR) is 70.4 cm³/mol. The molecule has 0 aromatic heterocycles. The first-order chi connectivity index (χ1) is 8.25. The van der Waals surface area contributed by atoms with Crippen LogP contribution in [-0.4, -0.2) is 11.2 Å². The highest BCUT2D eigenvalue weighted by atomic mass is 16.3. The summed E-state index contributed by atoms with van der Waals surface area (Å²) in [5.74, 6) is 7.49. The van der Waals surface area contributed by atoms with Crippen LogP contribution in [0.1, 0.15) is 38.2 Å². The van der Waals surface area contributed by atoms with Gasteiger partial charge in [-0.25, -0.2) is 0 Å². The van der Waals surface area contributed by atoms with Crippen molar-refractivity contribution < 1.29 is 5.11 Å². The maximum atomic E-state index is 9.92. The van der Waals surface area contributed by atoms with E-state index in [1.807, 2.05) is 30.3 Å². The van der Waals surface area contributed by atoms with Crippen LogP contribution in [0.2, 0.25) is 0 Å². The molecule has 1 nitrogen and oxygen atoms in total. The predicted octanol–water partition coefficient (Wildman–Crippen LogP) is 3.23. The first-order valence-electron chi connectivity index (χ1n) is 6.47. The quantitative estimate of drug-likeness (QED) is 0.732. The Bertz CT molecular complexity index is 399. The molecule has 0 radical (unpaired) electrons. The minimum Gasteiger partial charge on any atom is -0.393 e. The van der Waals surface area contributed by atoms with Gasteiger partial charge in [-0.15, -0.1) is 0 Å². The van der Waals surface area contributed by atoms with Gasteiger partial charge in [0.05, 0.1) is 6.10 Å². The van der Waals surface area contributed by atoms with Crippen LogP contribution in [0.25, 0.3) is 0 Å². The van der Waals surface area contributed by atoms with Gasteiger partial charge in [0.1, 0.15) is 0 Å². The number of hydrogen-bond donors (Lipinski definition) is 1. The van der Waals surface area contributed by atoms with Crippen molar-refractivity contribution in [3.05, 3.63) is 35.9 Å². The van der Waals surface area contributed by atoms with Gasteiger partial charge in [0.25, 0.3) is 0 Å². The van der Waals surface area contributed by atoms with Crippen molar-refractivity contribution in [1.29, 1.82) is 0 Å². The molecule has 2 rings (SSSR count). The maximum Gasteiger partial charge on any atom is 0.0577 e. The molecule has 1 aliphatic carbocycles. The molecule has 0 spiro atoms. The highest BCUT2D eigenvalue weighted by Gasteiger charge is 2.25. The normalized spacial score (nSPS) is 28.2. The van der Waals surface area contributed by atoms with E-state index in [4.69, 9.17) is 0 Å². The molecule has 1 saturated carbocycles. The Morgan fingerprint density at radius 2 is 2.00 bits per heavy atom. The molecule has 0 amide bonds. The molecule has 90 valence electrons. The zero-order valence-corrected chi connectivity index (χ0v) is 10.4. The Morgan fingerprint density at radius 3 is 2.76 bits per heavy atom. The number of rotatable bonds is 1. The maximum absolute atomic E-state index is 9.92. The first kappa shape index (κ1) is 12.2. The lowest BCUT2D eigenvalue weighted by molar-refractivity contribution is 0.0543. The number of benzene rings is 1. The molecule has 17 heavy (non-hydrogen) atoms. The van der Waals surface area contributed by atoms with Gasteiger partial charge in [0.2, 0.25) is 0 Å². The topological polar surface area (TPSA) is 20.2 Å². The zero-order valence-electron chi connectivity index (χ0n) is 10.4. The Hall–Kier alpha value is -1.26. The third-order valence-corrected chi connectivity index (χ3v) is 3.58. The average Bonchev–Trinajstić information content (AvgIpc) is 2.35. The zero-order chi connectivity index (χ0) is 12.1. The van der Waals surface area contributed by atoms with E-state index in [9.17, 15) is 5.11 Å². The number of aliphatic hydroxyl groups is 1. The molecular formula is C16H20O. The third kappa shape index (κ3) is 3.61. The van der Waals surface area contributed by atoms with E-state index >= 15 is 0 Å². The molecule has 0 aliphatic heterocycles. The SMILES string of the molecule is CC1CCC(O)C(CC#Cc2ccccc2)C1. The Labute approximate surface area is 104 Å². The fourth-order valence-electron chi connectivity index (χ4n) is 2.51. The van der Waals surface area contributed by atoms with Crippen LogP contribution in [-0.2, 0) is 0 Å². The summed E-state index contributed by atoms with van der Waals surface area (Å²) in [6.45, 7) is 2.27. The molecule has 1 heteroatoms. The molecule has 3 atom stereocenters. The van der Waals surface area contributed by atoms with Crippen LogP contribution in [0, 0.1) is 23.7 Å². The lowest BCUT2D eigenvalue weighted by Gasteiger charge is -2.30. The summed E-state index contributed by atoms with van der Waals surface area (Å²) in [6, 6.07) is 10.0. The molecule has 0 saturated heterocycles. The second-order valence-corrected chi connectivity index (χ2v) is 5.12. The highest BCUT2D eigenvalue weighted by Crippen LogP contribution is 2.30. The summed E-state index contributed by atoms with van der Waals surface area (Å²) in [6.07, 6.45) is 3.89. The van der Waals surface area contributed by atoms with Gasteiger partial charge >= 0.3 is 0 Å². The van der Waals surface area contributed by atoms with Gasteiger partial charge in [0.15, 0.2) is 0 Å². The van der Waals surface area contributed by atoms with E-state index in [0.29, 0.717) is 5.92 Å². The fourth-order valence-corrected chi connectivity index (χ4v) is 2.51. The molecule has 1 aromatic carbocycles. The minimum absolute atomic E-state index is 0.142. The van der Waals surface area contributed by atoms with Crippen molar-refractivity contribution in [3.8, 4) is 11.8 Å². The molecule has 3 unspecified atom stereocenters. The molecular weight excluding hydrogens is 208 g/mol. The molecule has 0 heterocycles. The lowest BCUT2D eigenvalue weighted by Crippen LogP contribution is -2.27. The largest absolute Gasteiger partial charge is 0.393 e. The van der Waals surface area contributed by atoms with Gasteiger partial charge in [0, 0.05) is 12.0 Å². The van der Waals surface area contributed by atoms with E-state index in [2.05, 4.69) is 18.8 Å². The molecule has 1 aliphatic rings. The highest BCUT2D eigenvalue weighted by molar-refractivity contribution is 5.33. The van der Waals surface area contributed by atoms with Crippen LogP contribution in [0.4, 0.5) is 0 Å². The lowest BCUT2D eigenvalue weighted by atomic mass is 9.79. The second kappa shape index (κ2) is 5.89.